The molecule has 0 heterocycles. The lowest BCUT2D eigenvalue weighted by molar-refractivity contribution is 0.0231. The van der Waals surface area contributed by atoms with E-state index in [1.54, 1.807) is 19.1 Å². The number of nitriles is 1. The van der Waals surface area contributed by atoms with Crippen molar-refractivity contribution >= 4 is 0 Å². The molecule has 0 radical (unpaired) electrons. The molecule has 0 amide bonds. The third-order valence-electron chi connectivity index (χ3n) is 5.10. The lowest BCUT2D eigenvalue weighted by atomic mass is 9.68. The summed E-state index contributed by atoms with van der Waals surface area (Å²) < 4.78 is 13.6. The number of rotatable bonds is 2. The molecule has 2 aliphatic rings. The molecule has 3 heteroatoms. The Bertz CT molecular complexity index is 550. The van der Waals surface area contributed by atoms with E-state index in [-0.39, 0.29) is 11.7 Å². The maximum atomic E-state index is 13.6. The van der Waals surface area contributed by atoms with Gasteiger partial charge in [-0.1, -0.05) is 18.6 Å². The molecule has 0 spiro atoms. The number of aryl methyl sites for hydroxylation is 1. The largest absolute Gasteiger partial charge is 0.387 e. The van der Waals surface area contributed by atoms with Crippen molar-refractivity contribution in [2.75, 3.05) is 0 Å². The standard InChI is InChI=1S/C16H18FNO/c1-10-2-4-12(7-14(10)17)15(19)16(9-18)8-11-3-5-13(16)6-11/h2,4,7,11,13,15,19H,3,5-6,8H2,1H3. The van der Waals surface area contributed by atoms with Gasteiger partial charge in [-0.05, 0) is 55.2 Å². The molecule has 4 atom stereocenters. The van der Waals surface area contributed by atoms with E-state index in [9.17, 15) is 14.8 Å². The first-order chi connectivity index (χ1) is 9.06. The predicted molar refractivity (Wildman–Crippen MR) is 69.6 cm³/mol. The van der Waals surface area contributed by atoms with Crippen LogP contribution in [0.5, 0.6) is 0 Å². The second-order valence-electron chi connectivity index (χ2n) is 6.14. The number of hydrogen-bond acceptors (Lipinski definition) is 2. The SMILES string of the molecule is Cc1ccc(C(O)C2(C#N)CC3CCC2C3)cc1F. The van der Waals surface area contributed by atoms with E-state index < -0.39 is 11.5 Å². The molecule has 2 saturated carbocycles. The Hall–Kier alpha value is -1.40. The van der Waals surface area contributed by atoms with Gasteiger partial charge >= 0.3 is 0 Å². The monoisotopic (exact) mass is 259 g/mol. The molecule has 0 saturated heterocycles. The van der Waals surface area contributed by atoms with E-state index in [4.69, 9.17) is 0 Å². The summed E-state index contributed by atoms with van der Waals surface area (Å²) >= 11 is 0. The lowest BCUT2D eigenvalue weighted by Crippen LogP contribution is -2.33. The smallest absolute Gasteiger partial charge is 0.126 e. The summed E-state index contributed by atoms with van der Waals surface area (Å²) in [4.78, 5) is 0. The van der Waals surface area contributed by atoms with Crippen LogP contribution in [0.3, 0.4) is 0 Å². The van der Waals surface area contributed by atoms with Gasteiger partial charge in [-0.3, -0.25) is 0 Å². The maximum Gasteiger partial charge on any atom is 0.126 e. The van der Waals surface area contributed by atoms with Crippen LogP contribution < -0.4 is 0 Å². The molecule has 0 aliphatic heterocycles. The first-order valence-corrected chi connectivity index (χ1v) is 6.92. The highest BCUT2D eigenvalue weighted by Gasteiger charge is 2.55. The predicted octanol–water partition coefficient (Wildman–Crippen LogP) is 3.50. The molecule has 100 valence electrons. The summed E-state index contributed by atoms with van der Waals surface area (Å²) in [5, 5.41) is 20.2. The highest BCUT2D eigenvalue weighted by Crippen LogP contribution is 2.60. The second-order valence-corrected chi connectivity index (χ2v) is 6.14. The Morgan fingerprint density at radius 2 is 2.26 bits per heavy atom. The van der Waals surface area contributed by atoms with Crippen molar-refractivity contribution in [3.05, 3.63) is 35.1 Å². The van der Waals surface area contributed by atoms with Crippen LogP contribution in [-0.2, 0) is 0 Å². The van der Waals surface area contributed by atoms with E-state index in [1.165, 1.54) is 12.5 Å². The first kappa shape index (κ1) is 12.6. The third kappa shape index (κ3) is 1.78. The molecule has 2 fully saturated rings. The molecular formula is C16H18FNO. The zero-order valence-corrected chi connectivity index (χ0v) is 11.1. The van der Waals surface area contributed by atoms with Crippen molar-refractivity contribution in [2.45, 2.75) is 38.7 Å². The zero-order chi connectivity index (χ0) is 13.6. The minimum absolute atomic E-state index is 0.266. The van der Waals surface area contributed by atoms with Gasteiger partial charge in [0.2, 0.25) is 0 Å². The molecule has 2 bridgehead atoms. The molecule has 19 heavy (non-hydrogen) atoms. The number of aliphatic hydroxyl groups excluding tert-OH is 1. The van der Waals surface area contributed by atoms with Gasteiger partial charge in [0.15, 0.2) is 0 Å². The molecule has 2 aliphatic carbocycles. The van der Waals surface area contributed by atoms with Gasteiger partial charge in [-0.2, -0.15) is 5.26 Å². The van der Waals surface area contributed by atoms with Crippen molar-refractivity contribution in [3.63, 3.8) is 0 Å². The van der Waals surface area contributed by atoms with Crippen LogP contribution in [0.2, 0.25) is 0 Å². The molecule has 0 aromatic heterocycles. The quantitative estimate of drug-likeness (QED) is 0.883. The topological polar surface area (TPSA) is 44.0 Å². The van der Waals surface area contributed by atoms with Crippen molar-refractivity contribution < 1.29 is 9.50 Å². The van der Waals surface area contributed by atoms with Crippen molar-refractivity contribution in [1.29, 1.82) is 5.26 Å². The van der Waals surface area contributed by atoms with Gasteiger partial charge in [-0.15, -0.1) is 0 Å². The summed E-state index contributed by atoms with van der Waals surface area (Å²) in [6, 6.07) is 7.17. The number of aliphatic hydroxyl groups is 1. The maximum absolute atomic E-state index is 13.6. The van der Waals surface area contributed by atoms with E-state index in [2.05, 4.69) is 6.07 Å². The van der Waals surface area contributed by atoms with Gasteiger partial charge in [-0.25, -0.2) is 4.39 Å². The Morgan fingerprint density at radius 3 is 2.79 bits per heavy atom. The van der Waals surface area contributed by atoms with Crippen LogP contribution in [0.15, 0.2) is 18.2 Å². The zero-order valence-electron chi connectivity index (χ0n) is 11.1. The van der Waals surface area contributed by atoms with Gasteiger partial charge in [0.1, 0.15) is 5.82 Å². The number of halogens is 1. The van der Waals surface area contributed by atoms with E-state index >= 15 is 0 Å². The minimum atomic E-state index is -0.872. The van der Waals surface area contributed by atoms with Crippen molar-refractivity contribution in [2.24, 2.45) is 17.3 Å². The van der Waals surface area contributed by atoms with Crippen LogP contribution >= 0.6 is 0 Å². The van der Waals surface area contributed by atoms with Crippen LogP contribution in [0.4, 0.5) is 4.39 Å². The third-order valence-corrected chi connectivity index (χ3v) is 5.10. The van der Waals surface area contributed by atoms with Crippen LogP contribution in [0, 0.1) is 41.3 Å². The fourth-order valence-electron chi connectivity index (χ4n) is 3.98. The molecule has 1 aromatic rings. The molecule has 4 unspecified atom stereocenters. The lowest BCUT2D eigenvalue weighted by Gasteiger charge is -2.35. The van der Waals surface area contributed by atoms with Gasteiger partial charge < -0.3 is 5.11 Å². The summed E-state index contributed by atoms with van der Waals surface area (Å²) in [5.41, 5.74) is 0.400. The Morgan fingerprint density at radius 1 is 1.47 bits per heavy atom. The fourth-order valence-corrected chi connectivity index (χ4v) is 3.98. The Kier molecular flexibility index (Phi) is 2.87. The van der Waals surface area contributed by atoms with Crippen molar-refractivity contribution in [3.8, 4) is 6.07 Å². The Labute approximate surface area is 112 Å². The second kappa shape index (κ2) is 4.31. The highest BCUT2D eigenvalue weighted by molar-refractivity contribution is 5.29. The summed E-state index contributed by atoms with van der Waals surface area (Å²) in [6.45, 7) is 1.70. The number of hydrogen-bond donors (Lipinski definition) is 1. The summed E-state index contributed by atoms with van der Waals surface area (Å²) in [5.74, 6) is 0.518. The van der Waals surface area contributed by atoms with Crippen molar-refractivity contribution in [1.82, 2.24) is 0 Å². The molecule has 2 nitrogen and oxygen atoms in total. The van der Waals surface area contributed by atoms with Gasteiger partial charge in [0.05, 0.1) is 17.6 Å². The average Bonchev–Trinajstić information content (AvgIpc) is 3.02. The normalized spacial score (nSPS) is 34.2. The molecule has 1 aromatic carbocycles. The highest BCUT2D eigenvalue weighted by atomic mass is 19.1. The van der Waals surface area contributed by atoms with Crippen LogP contribution in [0.25, 0.3) is 0 Å². The Balaban J connectivity index is 1.96. The minimum Gasteiger partial charge on any atom is -0.387 e. The fraction of sp³-hybridized carbons (Fsp3) is 0.562. The number of fused-ring (bicyclic) bond motifs is 2. The number of benzene rings is 1. The first-order valence-electron chi connectivity index (χ1n) is 6.92. The molecule has 3 rings (SSSR count). The summed E-state index contributed by atoms with van der Waals surface area (Å²) in [7, 11) is 0. The van der Waals surface area contributed by atoms with Gasteiger partial charge in [0, 0.05) is 0 Å². The molecule has 1 N–H and O–H groups in total. The van der Waals surface area contributed by atoms with E-state index in [1.807, 2.05) is 0 Å². The molecular weight excluding hydrogens is 241 g/mol. The van der Waals surface area contributed by atoms with Gasteiger partial charge in [0.25, 0.3) is 0 Å². The number of nitrogens with zero attached hydrogens (tertiary/aromatic N) is 1. The van der Waals surface area contributed by atoms with E-state index in [0.29, 0.717) is 17.0 Å². The summed E-state index contributed by atoms with van der Waals surface area (Å²) in [6.07, 6.45) is 3.11. The van der Waals surface area contributed by atoms with Crippen LogP contribution in [0.1, 0.15) is 42.9 Å². The average molecular weight is 259 g/mol. The van der Waals surface area contributed by atoms with E-state index in [0.717, 1.165) is 19.3 Å². The van der Waals surface area contributed by atoms with Crippen LogP contribution in [-0.4, -0.2) is 5.11 Å².